The molecule has 0 bridgehead atoms. The Morgan fingerprint density at radius 2 is 2.22 bits per heavy atom. The average Bonchev–Trinajstić information content (AvgIpc) is 3.04. The van der Waals surface area contributed by atoms with Crippen molar-refractivity contribution in [3.05, 3.63) is 23.2 Å². The maximum absolute atomic E-state index is 13.0. The van der Waals surface area contributed by atoms with E-state index >= 15 is 0 Å². The van der Waals surface area contributed by atoms with Gasteiger partial charge in [0.15, 0.2) is 0 Å². The summed E-state index contributed by atoms with van der Waals surface area (Å²) in [5.74, 6) is 0.436. The fraction of sp³-hybridized carbons (Fsp3) is 0.600. The third-order valence-electron chi connectivity index (χ3n) is 4.67. The third kappa shape index (κ3) is 2.85. The summed E-state index contributed by atoms with van der Waals surface area (Å²) in [5, 5.41) is 0.360. The topological polar surface area (TPSA) is 65.1 Å². The molecule has 0 spiro atoms. The van der Waals surface area contributed by atoms with Crippen LogP contribution in [0.25, 0.3) is 0 Å². The van der Waals surface area contributed by atoms with E-state index in [1.807, 2.05) is 0 Å². The van der Waals surface area contributed by atoms with Gasteiger partial charge in [0.1, 0.15) is 10.6 Å². The highest BCUT2D eigenvalue weighted by Crippen LogP contribution is 2.44. The molecule has 3 rings (SSSR count). The van der Waals surface area contributed by atoms with Crippen LogP contribution in [-0.2, 0) is 19.5 Å². The molecular formula is C15H20ClNO5S. The van der Waals surface area contributed by atoms with Crippen LogP contribution in [0.5, 0.6) is 5.75 Å². The van der Waals surface area contributed by atoms with Crippen molar-refractivity contribution in [1.29, 1.82) is 0 Å². The van der Waals surface area contributed by atoms with Crippen molar-refractivity contribution in [3.8, 4) is 5.75 Å². The molecular weight excluding hydrogens is 342 g/mol. The van der Waals surface area contributed by atoms with Crippen LogP contribution in [0.15, 0.2) is 23.1 Å². The van der Waals surface area contributed by atoms with Crippen molar-refractivity contribution in [3.63, 3.8) is 0 Å². The predicted octanol–water partition coefficient (Wildman–Crippen LogP) is 1.63. The van der Waals surface area contributed by atoms with Gasteiger partial charge in [-0.1, -0.05) is 11.6 Å². The Hall–Kier alpha value is -0.860. The normalized spacial score (nSPS) is 28.0. The maximum Gasteiger partial charge on any atom is 0.246 e. The molecule has 6 nitrogen and oxygen atoms in total. The lowest BCUT2D eigenvalue weighted by molar-refractivity contribution is 0.0601. The second kappa shape index (κ2) is 6.22. The second-order valence-electron chi connectivity index (χ2n) is 6.10. The van der Waals surface area contributed by atoms with E-state index in [-0.39, 0.29) is 16.2 Å². The molecule has 2 heterocycles. The third-order valence-corrected chi connectivity index (χ3v) is 6.73. The number of hydrogen-bond donors (Lipinski definition) is 0. The number of halogens is 1. The molecule has 0 aromatic heterocycles. The lowest BCUT2D eigenvalue weighted by Crippen LogP contribution is -2.37. The number of ether oxygens (including phenoxy) is 3. The Kier molecular flexibility index (Phi) is 4.59. The van der Waals surface area contributed by atoms with E-state index in [1.165, 1.54) is 17.5 Å². The number of benzene rings is 1. The van der Waals surface area contributed by atoms with Crippen LogP contribution >= 0.6 is 11.6 Å². The molecule has 23 heavy (non-hydrogen) atoms. The summed E-state index contributed by atoms with van der Waals surface area (Å²) >= 11 is 5.98. The highest BCUT2D eigenvalue weighted by molar-refractivity contribution is 7.89. The zero-order valence-electron chi connectivity index (χ0n) is 13.1. The molecule has 2 aliphatic rings. The summed E-state index contributed by atoms with van der Waals surface area (Å²) in [5.41, 5.74) is -0.270. The molecule has 0 radical (unpaired) electrons. The molecule has 128 valence electrons. The Labute approximate surface area is 141 Å². The first kappa shape index (κ1) is 17.0. The molecule has 0 saturated carbocycles. The summed E-state index contributed by atoms with van der Waals surface area (Å²) in [7, 11) is -0.618. The number of sulfonamides is 1. The molecule has 0 amide bonds. The Morgan fingerprint density at radius 3 is 2.91 bits per heavy atom. The Bertz CT molecular complexity index is 695. The largest absolute Gasteiger partial charge is 0.495 e. The summed E-state index contributed by atoms with van der Waals surface area (Å²) in [6.45, 7) is 2.35. The Balaban J connectivity index is 1.94. The van der Waals surface area contributed by atoms with Gasteiger partial charge in [-0.25, -0.2) is 8.42 Å². The van der Waals surface area contributed by atoms with Crippen LogP contribution < -0.4 is 4.74 Å². The van der Waals surface area contributed by atoms with E-state index in [0.29, 0.717) is 43.7 Å². The van der Waals surface area contributed by atoms with Gasteiger partial charge in [0.05, 0.1) is 26.9 Å². The van der Waals surface area contributed by atoms with Crippen molar-refractivity contribution in [2.24, 2.45) is 11.3 Å². The van der Waals surface area contributed by atoms with E-state index in [1.54, 1.807) is 19.2 Å². The van der Waals surface area contributed by atoms with Crippen LogP contribution in [0.3, 0.4) is 0 Å². The summed E-state index contributed by atoms with van der Waals surface area (Å²) in [6.07, 6.45) is 0. The minimum absolute atomic E-state index is 0.0981. The summed E-state index contributed by atoms with van der Waals surface area (Å²) < 4.78 is 43.7. The predicted molar refractivity (Wildman–Crippen MR) is 85.4 cm³/mol. The molecule has 0 unspecified atom stereocenters. The first-order valence-electron chi connectivity index (χ1n) is 7.33. The van der Waals surface area contributed by atoms with E-state index in [0.717, 1.165) is 0 Å². The lowest BCUT2D eigenvalue weighted by Gasteiger charge is -2.26. The van der Waals surface area contributed by atoms with Crippen molar-refractivity contribution < 1.29 is 22.6 Å². The zero-order chi connectivity index (χ0) is 16.7. The minimum Gasteiger partial charge on any atom is -0.495 e. The molecule has 0 N–H and O–H groups in total. The monoisotopic (exact) mass is 361 g/mol. The number of methoxy groups -OCH3 is 2. The van der Waals surface area contributed by atoms with E-state index in [4.69, 9.17) is 25.8 Å². The fourth-order valence-corrected chi connectivity index (χ4v) is 5.45. The number of hydrogen-bond acceptors (Lipinski definition) is 5. The van der Waals surface area contributed by atoms with Crippen LogP contribution in [0.4, 0.5) is 0 Å². The van der Waals surface area contributed by atoms with E-state index in [9.17, 15) is 8.42 Å². The molecule has 1 aromatic rings. The quantitative estimate of drug-likeness (QED) is 0.797. The van der Waals surface area contributed by atoms with Crippen molar-refractivity contribution in [2.75, 3.05) is 47.1 Å². The van der Waals surface area contributed by atoms with Gasteiger partial charge in [0.2, 0.25) is 10.0 Å². The lowest BCUT2D eigenvalue weighted by atomic mass is 9.82. The molecule has 8 heteroatoms. The molecule has 1 aromatic carbocycles. The van der Waals surface area contributed by atoms with Gasteiger partial charge in [-0.05, 0) is 18.2 Å². The highest BCUT2D eigenvalue weighted by Gasteiger charge is 2.53. The number of fused-ring (bicyclic) bond motifs is 1. The smallest absolute Gasteiger partial charge is 0.246 e. The van der Waals surface area contributed by atoms with Gasteiger partial charge in [-0.15, -0.1) is 0 Å². The standard InChI is InChI=1S/C15H20ClNO5S/c1-20-9-15-8-17(6-11(15)7-22-10-15)23(18,19)14-5-12(16)3-4-13(14)21-2/h3-5,11H,6-10H2,1-2H3/t11-,15-/m0/s1. The zero-order valence-corrected chi connectivity index (χ0v) is 14.7. The van der Waals surface area contributed by atoms with Crippen molar-refractivity contribution in [2.45, 2.75) is 4.90 Å². The molecule has 2 atom stereocenters. The highest BCUT2D eigenvalue weighted by atomic mass is 35.5. The number of nitrogens with zero attached hydrogens (tertiary/aromatic N) is 1. The van der Waals surface area contributed by atoms with Crippen LogP contribution in [0.2, 0.25) is 5.02 Å². The molecule has 2 fully saturated rings. The van der Waals surface area contributed by atoms with E-state index in [2.05, 4.69) is 0 Å². The first-order valence-corrected chi connectivity index (χ1v) is 9.15. The fourth-order valence-electron chi connectivity index (χ4n) is 3.45. The van der Waals surface area contributed by atoms with Gasteiger partial charge in [-0.3, -0.25) is 0 Å². The van der Waals surface area contributed by atoms with Crippen LogP contribution in [-0.4, -0.2) is 59.9 Å². The van der Waals surface area contributed by atoms with Crippen LogP contribution in [0.1, 0.15) is 0 Å². The van der Waals surface area contributed by atoms with Crippen molar-refractivity contribution >= 4 is 21.6 Å². The van der Waals surface area contributed by atoms with E-state index < -0.39 is 10.0 Å². The minimum atomic E-state index is -3.69. The number of rotatable bonds is 5. The van der Waals surface area contributed by atoms with Crippen LogP contribution in [0, 0.1) is 11.3 Å². The summed E-state index contributed by atoms with van der Waals surface area (Å²) in [4.78, 5) is 0.0981. The SMILES string of the molecule is COC[C@@]12COC[C@@H]1CN(S(=O)(=O)c1cc(Cl)ccc1OC)C2. The van der Waals surface area contributed by atoms with Crippen molar-refractivity contribution in [1.82, 2.24) is 4.31 Å². The summed E-state index contributed by atoms with van der Waals surface area (Å²) in [6, 6.07) is 4.61. The van der Waals surface area contributed by atoms with Gasteiger partial charge in [0, 0.05) is 36.6 Å². The van der Waals surface area contributed by atoms with Gasteiger partial charge >= 0.3 is 0 Å². The van der Waals surface area contributed by atoms with Gasteiger partial charge < -0.3 is 14.2 Å². The average molecular weight is 362 g/mol. The maximum atomic E-state index is 13.0. The second-order valence-corrected chi connectivity index (χ2v) is 8.44. The Morgan fingerprint density at radius 1 is 1.43 bits per heavy atom. The molecule has 2 aliphatic heterocycles. The van der Waals surface area contributed by atoms with Gasteiger partial charge in [0.25, 0.3) is 0 Å². The first-order chi connectivity index (χ1) is 10.9. The molecule has 2 saturated heterocycles. The molecule has 0 aliphatic carbocycles. The van der Waals surface area contributed by atoms with Gasteiger partial charge in [-0.2, -0.15) is 4.31 Å².